The van der Waals surface area contributed by atoms with Crippen molar-refractivity contribution in [1.29, 1.82) is 0 Å². The van der Waals surface area contributed by atoms with Crippen molar-refractivity contribution in [2.24, 2.45) is 5.92 Å². The minimum absolute atomic E-state index is 0.127. The predicted molar refractivity (Wildman–Crippen MR) is 87.5 cm³/mol. The summed E-state index contributed by atoms with van der Waals surface area (Å²) >= 11 is 6.04. The molecule has 0 radical (unpaired) electrons. The molecule has 0 fully saturated rings. The standard InChI is InChI=1S/C17H18ClNO3/c1-10(8-12-6-7-15(20)16(21)9-12)17(22)19-14-5-3-4-13(18)11(14)2/h3-7,9-10,20-21H,8H2,1-2H3,(H,19,22). The topological polar surface area (TPSA) is 69.6 Å². The number of hydrogen-bond acceptors (Lipinski definition) is 3. The van der Waals surface area contributed by atoms with Crippen LogP contribution in [0.1, 0.15) is 18.1 Å². The van der Waals surface area contributed by atoms with E-state index in [9.17, 15) is 15.0 Å². The van der Waals surface area contributed by atoms with E-state index in [4.69, 9.17) is 11.6 Å². The first kappa shape index (κ1) is 16.2. The number of phenolic OH excluding ortho intramolecular Hbond substituents is 2. The number of hydrogen-bond donors (Lipinski definition) is 3. The van der Waals surface area contributed by atoms with E-state index in [0.29, 0.717) is 17.1 Å². The average molecular weight is 320 g/mol. The number of anilines is 1. The van der Waals surface area contributed by atoms with E-state index in [-0.39, 0.29) is 23.3 Å². The Morgan fingerprint density at radius 1 is 1.23 bits per heavy atom. The summed E-state index contributed by atoms with van der Waals surface area (Å²) in [5, 5.41) is 22.3. The Morgan fingerprint density at radius 3 is 2.64 bits per heavy atom. The Bertz CT molecular complexity index is 700. The first-order chi connectivity index (χ1) is 10.4. The van der Waals surface area contributed by atoms with Gasteiger partial charge in [0.15, 0.2) is 11.5 Å². The number of amides is 1. The highest BCUT2D eigenvalue weighted by Crippen LogP contribution is 2.27. The lowest BCUT2D eigenvalue weighted by molar-refractivity contribution is -0.119. The molecule has 0 spiro atoms. The van der Waals surface area contributed by atoms with Gasteiger partial charge in [0.2, 0.25) is 5.91 Å². The second-order valence-electron chi connectivity index (χ2n) is 5.33. The van der Waals surface area contributed by atoms with Crippen LogP contribution in [0.4, 0.5) is 5.69 Å². The lowest BCUT2D eigenvalue weighted by Gasteiger charge is -2.14. The van der Waals surface area contributed by atoms with Crippen LogP contribution in [0.3, 0.4) is 0 Å². The summed E-state index contributed by atoms with van der Waals surface area (Å²) in [5.41, 5.74) is 2.30. The molecule has 3 N–H and O–H groups in total. The molecule has 2 aromatic carbocycles. The minimum atomic E-state index is -0.290. The second-order valence-corrected chi connectivity index (χ2v) is 5.74. The third kappa shape index (κ3) is 3.71. The fraction of sp³-hybridized carbons (Fsp3) is 0.235. The van der Waals surface area contributed by atoms with Gasteiger partial charge in [-0.25, -0.2) is 0 Å². The molecule has 22 heavy (non-hydrogen) atoms. The van der Waals surface area contributed by atoms with Gasteiger partial charge in [-0.15, -0.1) is 0 Å². The Hall–Kier alpha value is -2.20. The molecule has 0 heterocycles. The van der Waals surface area contributed by atoms with E-state index in [1.165, 1.54) is 12.1 Å². The van der Waals surface area contributed by atoms with Gasteiger partial charge >= 0.3 is 0 Å². The molecule has 1 unspecified atom stereocenters. The van der Waals surface area contributed by atoms with Gasteiger partial charge in [-0.2, -0.15) is 0 Å². The van der Waals surface area contributed by atoms with E-state index in [1.807, 2.05) is 6.92 Å². The highest BCUT2D eigenvalue weighted by Gasteiger charge is 2.16. The molecule has 5 heteroatoms. The van der Waals surface area contributed by atoms with Crippen LogP contribution >= 0.6 is 11.6 Å². The second kappa shape index (κ2) is 6.71. The van der Waals surface area contributed by atoms with Gasteiger partial charge in [-0.3, -0.25) is 4.79 Å². The molecule has 0 saturated heterocycles. The third-order valence-corrected chi connectivity index (χ3v) is 3.96. The van der Waals surface area contributed by atoms with Crippen LogP contribution in [0.25, 0.3) is 0 Å². The van der Waals surface area contributed by atoms with Crippen molar-refractivity contribution >= 4 is 23.2 Å². The molecule has 1 amide bonds. The summed E-state index contributed by atoms with van der Waals surface area (Å²) in [7, 11) is 0. The zero-order valence-electron chi connectivity index (χ0n) is 12.4. The van der Waals surface area contributed by atoms with Gasteiger partial charge in [0.25, 0.3) is 0 Å². The maximum absolute atomic E-state index is 12.3. The van der Waals surface area contributed by atoms with Gasteiger partial charge in [0, 0.05) is 16.6 Å². The van der Waals surface area contributed by atoms with Crippen molar-refractivity contribution in [1.82, 2.24) is 0 Å². The van der Waals surface area contributed by atoms with Crippen molar-refractivity contribution in [3.8, 4) is 11.5 Å². The number of nitrogens with one attached hydrogen (secondary N) is 1. The summed E-state index contributed by atoms with van der Waals surface area (Å²) in [6.45, 7) is 3.65. The number of phenols is 2. The maximum atomic E-state index is 12.3. The van der Waals surface area contributed by atoms with E-state index in [0.717, 1.165) is 11.1 Å². The first-order valence-corrected chi connectivity index (χ1v) is 7.33. The molecule has 2 aromatic rings. The van der Waals surface area contributed by atoms with Crippen LogP contribution in [0.15, 0.2) is 36.4 Å². The van der Waals surface area contributed by atoms with Crippen LogP contribution in [0.5, 0.6) is 11.5 Å². The molecule has 1 atom stereocenters. The number of rotatable bonds is 4. The molecule has 4 nitrogen and oxygen atoms in total. The molecule has 116 valence electrons. The zero-order chi connectivity index (χ0) is 16.3. The van der Waals surface area contributed by atoms with E-state index < -0.39 is 0 Å². The Morgan fingerprint density at radius 2 is 1.95 bits per heavy atom. The van der Waals surface area contributed by atoms with Gasteiger partial charge in [-0.05, 0) is 48.7 Å². The molecule has 0 aliphatic rings. The van der Waals surface area contributed by atoms with Crippen molar-refractivity contribution in [2.75, 3.05) is 5.32 Å². The van der Waals surface area contributed by atoms with Gasteiger partial charge in [0.1, 0.15) is 0 Å². The summed E-state index contributed by atoms with van der Waals surface area (Å²) in [5.74, 6) is -0.772. The SMILES string of the molecule is Cc1c(Cl)cccc1NC(=O)C(C)Cc1ccc(O)c(O)c1. The monoisotopic (exact) mass is 319 g/mol. The van der Waals surface area contributed by atoms with Crippen LogP contribution in [-0.2, 0) is 11.2 Å². The molecule has 0 aromatic heterocycles. The molecule has 0 aliphatic heterocycles. The van der Waals surface area contributed by atoms with E-state index in [1.54, 1.807) is 31.2 Å². The zero-order valence-corrected chi connectivity index (χ0v) is 13.2. The molecular weight excluding hydrogens is 302 g/mol. The Labute approximate surface area is 134 Å². The van der Waals surface area contributed by atoms with E-state index in [2.05, 4.69) is 5.32 Å². The lowest BCUT2D eigenvalue weighted by Crippen LogP contribution is -2.22. The van der Waals surface area contributed by atoms with Crippen molar-refractivity contribution in [3.63, 3.8) is 0 Å². The molecule has 0 saturated carbocycles. The van der Waals surface area contributed by atoms with Crippen LogP contribution in [0.2, 0.25) is 5.02 Å². The quantitative estimate of drug-likeness (QED) is 0.749. The van der Waals surface area contributed by atoms with Crippen LogP contribution in [0, 0.1) is 12.8 Å². The molecule has 0 aliphatic carbocycles. The normalized spacial score (nSPS) is 12.0. The van der Waals surface area contributed by atoms with Crippen molar-refractivity contribution in [2.45, 2.75) is 20.3 Å². The third-order valence-electron chi connectivity index (χ3n) is 3.55. The first-order valence-electron chi connectivity index (χ1n) is 6.95. The number of carbonyl (C=O) groups is 1. The smallest absolute Gasteiger partial charge is 0.227 e. The van der Waals surface area contributed by atoms with Gasteiger partial charge in [-0.1, -0.05) is 30.7 Å². The largest absolute Gasteiger partial charge is 0.504 e. The lowest BCUT2D eigenvalue weighted by atomic mass is 9.99. The molecule has 2 rings (SSSR count). The number of halogens is 1. The summed E-state index contributed by atoms with van der Waals surface area (Å²) in [4.78, 5) is 12.3. The van der Waals surface area contributed by atoms with Crippen molar-refractivity contribution in [3.05, 3.63) is 52.5 Å². The average Bonchev–Trinajstić information content (AvgIpc) is 2.47. The molecular formula is C17H18ClNO3. The summed E-state index contributed by atoms with van der Waals surface area (Å²) in [6.07, 6.45) is 0.458. The summed E-state index contributed by atoms with van der Waals surface area (Å²) < 4.78 is 0. The van der Waals surface area contributed by atoms with Crippen LogP contribution in [-0.4, -0.2) is 16.1 Å². The fourth-order valence-corrected chi connectivity index (χ4v) is 2.32. The van der Waals surface area contributed by atoms with Gasteiger partial charge in [0.05, 0.1) is 0 Å². The number of benzene rings is 2. The Balaban J connectivity index is 2.06. The number of carbonyl (C=O) groups excluding carboxylic acids is 1. The highest BCUT2D eigenvalue weighted by molar-refractivity contribution is 6.31. The maximum Gasteiger partial charge on any atom is 0.227 e. The Kier molecular flexibility index (Phi) is 4.93. The van der Waals surface area contributed by atoms with Crippen LogP contribution < -0.4 is 5.32 Å². The fourth-order valence-electron chi connectivity index (χ4n) is 2.14. The molecule has 0 bridgehead atoms. The van der Waals surface area contributed by atoms with Gasteiger partial charge < -0.3 is 15.5 Å². The minimum Gasteiger partial charge on any atom is -0.504 e. The predicted octanol–water partition coefficient (Wildman–Crippen LogP) is 3.88. The summed E-state index contributed by atoms with van der Waals surface area (Å²) in [6, 6.07) is 9.92. The number of aromatic hydroxyl groups is 2. The highest BCUT2D eigenvalue weighted by atomic mass is 35.5. The van der Waals surface area contributed by atoms with Crippen molar-refractivity contribution < 1.29 is 15.0 Å². The van der Waals surface area contributed by atoms with E-state index >= 15 is 0 Å².